The number of hydrogen-bond acceptors (Lipinski definition) is 1. The summed E-state index contributed by atoms with van der Waals surface area (Å²) in [4.78, 5) is 0. The average Bonchev–Trinajstić information content (AvgIpc) is 1.60. The first-order valence-electron chi connectivity index (χ1n) is 3.82. The maximum Gasteiger partial charge on any atom is 0.171 e. The molecule has 0 spiro atoms. The fraction of sp³-hybridized carbons (Fsp3) is 0.875. The molecule has 0 amide bonds. The molecular weight excluding hydrogens is 140 g/mol. The van der Waals surface area contributed by atoms with Crippen LogP contribution < -0.4 is 0 Å². The van der Waals surface area contributed by atoms with Crippen LogP contribution in [0.4, 0.5) is 0 Å². The van der Waals surface area contributed by atoms with Crippen LogP contribution in [0.25, 0.3) is 0 Å². The molecule has 1 atom stereocenters. The molecule has 1 unspecified atom stereocenters. The zero-order chi connectivity index (χ0) is 8.36. The van der Waals surface area contributed by atoms with Crippen molar-refractivity contribution in [3.63, 3.8) is 0 Å². The Hall–Kier alpha value is 0.177. The molecule has 0 heterocycles. The lowest BCUT2D eigenvalue weighted by Crippen LogP contribution is -2.30. The predicted molar refractivity (Wildman–Crippen MR) is 48.6 cm³/mol. The van der Waals surface area contributed by atoms with E-state index >= 15 is 0 Å². The monoisotopic (exact) mass is 159 g/mol. The van der Waals surface area contributed by atoms with Gasteiger partial charge in [-0.3, -0.25) is 0 Å². The van der Waals surface area contributed by atoms with Crippen LogP contribution in [0.5, 0.6) is 0 Å². The SMILES string of the molecule is [CH2]C(O[SiH](C)C)C(C)(C)C. The van der Waals surface area contributed by atoms with Gasteiger partial charge in [-0.15, -0.1) is 0 Å². The van der Waals surface area contributed by atoms with E-state index in [-0.39, 0.29) is 11.5 Å². The van der Waals surface area contributed by atoms with Crippen LogP contribution in [0.2, 0.25) is 13.1 Å². The van der Waals surface area contributed by atoms with Crippen molar-refractivity contribution in [3.8, 4) is 0 Å². The molecule has 0 bridgehead atoms. The summed E-state index contributed by atoms with van der Waals surface area (Å²) in [7, 11) is -0.891. The van der Waals surface area contributed by atoms with Gasteiger partial charge >= 0.3 is 0 Å². The quantitative estimate of drug-likeness (QED) is 0.561. The average molecular weight is 159 g/mol. The first-order valence-corrected chi connectivity index (χ1v) is 6.60. The first-order chi connectivity index (χ1) is 4.34. The van der Waals surface area contributed by atoms with Gasteiger partial charge in [0.25, 0.3) is 0 Å². The van der Waals surface area contributed by atoms with E-state index in [1.807, 2.05) is 0 Å². The second-order valence-electron chi connectivity index (χ2n) is 4.04. The maximum atomic E-state index is 5.64. The molecule has 0 aliphatic carbocycles. The summed E-state index contributed by atoms with van der Waals surface area (Å²) >= 11 is 0. The molecule has 0 aromatic heterocycles. The minimum absolute atomic E-state index is 0.152. The van der Waals surface area contributed by atoms with Crippen molar-refractivity contribution in [2.24, 2.45) is 5.41 Å². The topological polar surface area (TPSA) is 9.23 Å². The molecule has 2 heteroatoms. The Bertz CT molecular complexity index is 93.9. The van der Waals surface area contributed by atoms with E-state index in [4.69, 9.17) is 4.43 Å². The van der Waals surface area contributed by atoms with E-state index in [1.165, 1.54) is 0 Å². The van der Waals surface area contributed by atoms with E-state index < -0.39 is 9.04 Å². The zero-order valence-corrected chi connectivity index (χ0v) is 8.92. The maximum absolute atomic E-state index is 5.64. The van der Waals surface area contributed by atoms with Crippen molar-refractivity contribution in [3.05, 3.63) is 6.92 Å². The molecule has 0 aliphatic heterocycles. The lowest BCUT2D eigenvalue weighted by Gasteiger charge is -2.28. The Balaban J connectivity index is 3.73. The molecule has 0 N–H and O–H groups in total. The fourth-order valence-electron chi connectivity index (χ4n) is 0.533. The van der Waals surface area contributed by atoms with Crippen LogP contribution in [-0.4, -0.2) is 15.1 Å². The highest BCUT2D eigenvalue weighted by atomic mass is 28.3. The van der Waals surface area contributed by atoms with Gasteiger partial charge in [-0.2, -0.15) is 0 Å². The Labute approximate surface area is 66.5 Å². The van der Waals surface area contributed by atoms with Crippen molar-refractivity contribution < 1.29 is 4.43 Å². The first kappa shape index (κ1) is 10.2. The minimum atomic E-state index is -0.891. The minimum Gasteiger partial charge on any atom is -0.417 e. The Morgan fingerprint density at radius 2 is 1.70 bits per heavy atom. The third-order valence-electron chi connectivity index (χ3n) is 1.40. The Morgan fingerprint density at radius 3 is 1.80 bits per heavy atom. The van der Waals surface area contributed by atoms with Crippen LogP contribution in [-0.2, 0) is 4.43 Å². The third-order valence-corrected chi connectivity index (χ3v) is 2.28. The van der Waals surface area contributed by atoms with E-state index in [1.54, 1.807) is 0 Å². The summed E-state index contributed by atoms with van der Waals surface area (Å²) in [6.45, 7) is 14.8. The summed E-state index contributed by atoms with van der Waals surface area (Å²) < 4.78 is 5.64. The van der Waals surface area contributed by atoms with Crippen molar-refractivity contribution in [1.82, 2.24) is 0 Å². The molecule has 1 radical (unpaired) electrons. The largest absolute Gasteiger partial charge is 0.417 e. The van der Waals surface area contributed by atoms with E-state index in [0.717, 1.165) is 0 Å². The summed E-state index contributed by atoms with van der Waals surface area (Å²) in [5.41, 5.74) is 0.192. The highest BCUT2D eigenvalue weighted by Gasteiger charge is 2.21. The van der Waals surface area contributed by atoms with Crippen molar-refractivity contribution in [1.29, 1.82) is 0 Å². The number of hydrogen-bond donors (Lipinski definition) is 0. The molecule has 10 heavy (non-hydrogen) atoms. The van der Waals surface area contributed by atoms with Crippen LogP contribution in [0.15, 0.2) is 0 Å². The van der Waals surface area contributed by atoms with Gasteiger partial charge in [-0.1, -0.05) is 20.8 Å². The predicted octanol–water partition coefficient (Wildman–Crippen LogP) is 2.24. The molecular formula is C8H19OSi. The van der Waals surface area contributed by atoms with Gasteiger partial charge in [0.1, 0.15) is 0 Å². The fourth-order valence-corrected chi connectivity index (χ4v) is 1.60. The molecule has 0 saturated carbocycles. The lowest BCUT2D eigenvalue weighted by atomic mass is 9.91. The van der Waals surface area contributed by atoms with Gasteiger partial charge in [0.2, 0.25) is 0 Å². The van der Waals surface area contributed by atoms with Crippen molar-refractivity contribution >= 4 is 9.04 Å². The summed E-state index contributed by atoms with van der Waals surface area (Å²) in [6.07, 6.45) is 0.152. The van der Waals surface area contributed by atoms with E-state index in [9.17, 15) is 0 Å². The number of rotatable bonds is 2. The summed E-state index contributed by atoms with van der Waals surface area (Å²) in [6, 6.07) is 0. The highest BCUT2D eigenvalue weighted by molar-refractivity contribution is 6.48. The van der Waals surface area contributed by atoms with Gasteiger partial charge in [-0.05, 0) is 25.4 Å². The van der Waals surface area contributed by atoms with Crippen molar-refractivity contribution in [2.75, 3.05) is 0 Å². The second kappa shape index (κ2) is 3.53. The highest BCUT2D eigenvalue weighted by Crippen LogP contribution is 2.21. The van der Waals surface area contributed by atoms with Gasteiger partial charge in [0, 0.05) is 6.10 Å². The molecule has 61 valence electrons. The zero-order valence-electron chi connectivity index (χ0n) is 7.77. The van der Waals surface area contributed by atoms with E-state index in [2.05, 4.69) is 40.8 Å². The molecule has 0 saturated heterocycles. The van der Waals surface area contributed by atoms with Crippen LogP contribution in [0, 0.1) is 12.3 Å². The van der Waals surface area contributed by atoms with Gasteiger partial charge < -0.3 is 4.43 Å². The van der Waals surface area contributed by atoms with Gasteiger partial charge in [0.05, 0.1) is 0 Å². The Kier molecular flexibility index (Phi) is 3.60. The van der Waals surface area contributed by atoms with Crippen LogP contribution in [0.3, 0.4) is 0 Å². The summed E-state index contributed by atoms with van der Waals surface area (Å²) in [5.74, 6) is 0. The standard InChI is InChI=1S/C8H19OSi/c1-7(8(2,3)4)9-10(5)6/h7,10H,1H2,2-6H3. The molecule has 0 aliphatic rings. The van der Waals surface area contributed by atoms with E-state index in [0.29, 0.717) is 0 Å². The summed E-state index contributed by atoms with van der Waals surface area (Å²) in [5, 5.41) is 0. The molecule has 0 aromatic rings. The van der Waals surface area contributed by atoms with Crippen molar-refractivity contribution in [2.45, 2.75) is 40.0 Å². The van der Waals surface area contributed by atoms with Crippen LogP contribution >= 0.6 is 0 Å². The second-order valence-corrected chi connectivity index (χ2v) is 6.41. The molecule has 1 nitrogen and oxygen atoms in total. The molecule has 0 fully saturated rings. The molecule has 0 rings (SSSR count). The third kappa shape index (κ3) is 4.07. The molecule has 0 aromatic carbocycles. The normalized spacial score (nSPS) is 15.9. The van der Waals surface area contributed by atoms with Crippen LogP contribution in [0.1, 0.15) is 20.8 Å². The van der Waals surface area contributed by atoms with Gasteiger partial charge in [-0.25, -0.2) is 0 Å². The Morgan fingerprint density at radius 1 is 1.30 bits per heavy atom. The lowest BCUT2D eigenvalue weighted by molar-refractivity contribution is 0.127. The smallest absolute Gasteiger partial charge is 0.171 e. The van der Waals surface area contributed by atoms with Gasteiger partial charge in [0.15, 0.2) is 9.04 Å².